The molecule has 1 aromatic heterocycles. The van der Waals surface area contributed by atoms with Gasteiger partial charge in [-0.15, -0.1) is 0 Å². The number of nitrogens with one attached hydrogen (secondary N) is 1. The molecule has 0 unspecified atom stereocenters. The van der Waals surface area contributed by atoms with Crippen molar-refractivity contribution in [3.8, 4) is 0 Å². The molecule has 0 bridgehead atoms. The maximum atomic E-state index is 13.5. The van der Waals surface area contributed by atoms with Crippen molar-refractivity contribution in [3.63, 3.8) is 0 Å². The van der Waals surface area contributed by atoms with Gasteiger partial charge in [-0.1, -0.05) is 6.07 Å². The van der Waals surface area contributed by atoms with Crippen LogP contribution in [0.15, 0.2) is 12.1 Å². The molecule has 0 radical (unpaired) electrons. The van der Waals surface area contributed by atoms with Gasteiger partial charge in [-0.05, 0) is 44.8 Å². The van der Waals surface area contributed by atoms with Crippen LogP contribution in [0.5, 0.6) is 0 Å². The van der Waals surface area contributed by atoms with Gasteiger partial charge in [-0.3, -0.25) is 0 Å². The van der Waals surface area contributed by atoms with Crippen molar-refractivity contribution < 1.29 is 4.39 Å². The second-order valence-electron chi connectivity index (χ2n) is 3.86. The van der Waals surface area contributed by atoms with Gasteiger partial charge in [0.05, 0.1) is 0 Å². The van der Waals surface area contributed by atoms with Crippen LogP contribution in [-0.4, -0.2) is 18.1 Å². The van der Waals surface area contributed by atoms with Crippen LogP contribution >= 0.6 is 0 Å². The quantitative estimate of drug-likeness (QED) is 0.692. The van der Waals surface area contributed by atoms with Crippen molar-refractivity contribution >= 4 is 0 Å². The molecule has 2 nitrogen and oxygen atoms in total. The average molecular weight is 194 g/mol. The van der Waals surface area contributed by atoms with Crippen LogP contribution in [0.25, 0.3) is 0 Å². The molecule has 3 heteroatoms. The predicted octanol–water partition coefficient (Wildman–Crippen LogP) is 2.00. The Hall–Kier alpha value is -0.960. The molecule has 0 aliphatic carbocycles. The first-order valence-electron chi connectivity index (χ1n) is 5.11. The largest absolute Gasteiger partial charge is 0.317 e. The minimum atomic E-state index is -0.281. The Labute approximate surface area is 83.6 Å². The maximum Gasteiger partial charge on any atom is 0.216 e. The zero-order valence-corrected chi connectivity index (χ0v) is 8.39. The number of rotatable bonds is 1. The van der Waals surface area contributed by atoms with Crippen molar-refractivity contribution in [1.29, 1.82) is 0 Å². The molecule has 0 amide bonds. The molecule has 1 fully saturated rings. The Bertz CT molecular complexity index is 319. The standard InChI is InChI=1S/C11H15FN2/c1-8-2-3-10(11(12)14-8)9-4-6-13-7-5-9/h2-3,9,13H,4-7H2,1H3. The third-order valence-electron chi connectivity index (χ3n) is 2.80. The first-order chi connectivity index (χ1) is 6.77. The molecule has 1 saturated heterocycles. The molecule has 2 heterocycles. The summed E-state index contributed by atoms with van der Waals surface area (Å²) in [6.07, 6.45) is 2.03. The van der Waals surface area contributed by atoms with E-state index in [2.05, 4.69) is 10.3 Å². The van der Waals surface area contributed by atoms with E-state index in [-0.39, 0.29) is 5.95 Å². The summed E-state index contributed by atoms with van der Waals surface area (Å²) in [4.78, 5) is 3.86. The summed E-state index contributed by atoms with van der Waals surface area (Å²) in [5.41, 5.74) is 1.54. The Morgan fingerprint density at radius 3 is 2.71 bits per heavy atom. The first kappa shape index (κ1) is 9.59. The second kappa shape index (κ2) is 4.05. The molecular weight excluding hydrogens is 179 g/mol. The summed E-state index contributed by atoms with van der Waals surface area (Å²) < 4.78 is 13.5. The van der Waals surface area contributed by atoms with E-state index in [1.165, 1.54) is 0 Å². The van der Waals surface area contributed by atoms with Crippen molar-refractivity contribution in [1.82, 2.24) is 10.3 Å². The number of halogens is 1. The van der Waals surface area contributed by atoms with Crippen LogP contribution in [0.1, 0.15) is 30.0 Å². The Morgan fingerprint density at radius 2 is 2.07 bits per heavy atom. The van der Waals surface area contributed by atoms with Crippen LogP contribution in [-0.2, 0) is 0 Å². The van der Waals surface area contributed by atoms with Gasteiger partial charge < -0.3 is 5.32 Å². The smallest absolute Gasteiger partial charge is 0.216 e. The number of aryl methyl sites for hydroxylation is 1. The van der Waals surface area contributed by atoms with Gasteiger partial charge in [-0.25, -0.2) is 4.98 Å². The predicted molar refractivity (Wildman–Crippen MR) is 53.8 cm³/mol. The molecule has 76 valence electrons. The minimum Gasteiger partial charge on any atom is -0.317 e. The van der Waals surface area contributed by atoms with Crippen molar-refractivity contribution in [2.75, 3.05) is 13.1 Å². The maximum absolute atomic E-state index is 13.5. The molecule has 1 N–H and O–H groups in total. The van der Waals surface area contributed by atoms with Gasteiger partial charge in [-0.2, -0.15) is 4.39 Å². The highest BCUT2D eigenvalue weighted by Crippen LogP contribution is 2.26. The third kappa shape index (κ3) is 1.93. The number of hydrogen-bond acceptors (Lipinski definition) is 2. The fourth-order valence-electron chi connectivity index (χ4n) is 1.97. The molecular formula is C11H15FN2. The lowest BCUT2D eigenvalue weighted by atomic mass is 9.91. The molecule has 0 aromatic carbocycles. The second-order valence-corrected chi connectivity index (χ2v) is 3.86. The summed E-state index contributed by atoms with van der Waals surface area (Å²) in [7, 11) is 0. The van der Waals surface area contributed by atoms with E-state index >= 15 is 0 Å². The Kier molecular flexibility index (Phi) is 2.77. The van der Waals surface area contributed by atoms with E-state index in [0.29, 0.717) is 5.92 Å². The zero-order valence-electron chi connectivity index (χ0n) is 8.39. The monoisotopic (exact) mass is 194 g/mol. The van der Waals surface area contributed by atoms with E-state index in [1.807, 2.05) is 19.1 Å². The van der Waals surface area contributed by atoms with E-state index in [1.54, 1.807) is 0 Å². The van der Waals surface area contributed by atoms with Crippen molar-refractivity contribution in [3.05, 3.63) is 29.3 Å². The Morgan fingerprint density at radius 1 is 1.36 bits per heavy atom. The number of nitrogens with zero attached hydrogens (tertiary/aromatic N) is 1. The topological polar surface area (TPSA) is 24.9 Å². The lowest BCUT2D eigenvalue weighted by Crippen LogP contribution is -2.27. The van der Waals surface area contributed by atoms with Gasteiger partial charge >= 0.3 is 0 Å². The number of piperidine rings is 1. The number of hydrogen-bond donors (Lipinski definition) is 1. The summed E-state index contributed by atoms with van der Waals surface area (Å²) in [6.45, 7) is 3.78. The molecule has 2 rings (SSSR count). The van der Waals surface area contributed by atoms with Crippen molar-refractivity contribution in [2.45, 2.75) is 25.7 Å². The first-order valence-corrected chi connectivity index (χ1v) is 5.11. The highest BCUT2D eigenvalue weighted by molar-refractivity contribution is 5.20. The molecule has 1 aliphatic heterocycles. The van der Waals surface area contributed by atoms with Gasteiger partial charge in [0.15, 0.2) is 0 Å². The van der Waals surface area contributed by atoms with Gasteiger partial charge in [0, 0.05) is 11.3 Å². The SMILES string of the molecule is Cc1ccc(C2CCNCC2)c(F)n1. The molecule has 0 atom stereocenters. The lowest BCUT2D eigenvalue weighted by molar-refractivity contribution is 0.438. The van der Waals surface area contributed by atoms with Gasteiger partial charge in [0.2, 0.25) is 5.95 Å². The lowest BCUT2D eigenvalue weighted by Gasteiger charge is -2.22. The molecule has 0 saturated carbocycles. The molecule has 1 aromatic rings. The summed E-state index contributed by atoms with van der Waals surface area (Å²) in [5.74, 6) is 0.0706. The highest BCUT2D eigenvalue weighted by atomic mass is 19.1. The molecule has 0 spiro atoms. The minimum absolute atomic E-state index is 0.281. The van der Waals surface area contributed by atoms with Crippen LogP contribution in [0, 0.1) is 12.9 Å². The summed E-state index contributed by atoms with van der Waals surface area (Å²) >= 11 is 0. The highest BCUT2D eigenvalue weighted by Gasteiger charge is 2.18. The summed E-state index contributed by atoms with van der Waals surface area (Å²) in [6, 6.07) is 3.77. The van der Waals surface area contributed by atoms with E-state index in [9.17, 15) is 4.39 Å². The third-order valence-corrected chi connectivity index (χ3v) is 2.80. The van der Waals surface area contributed by atoms with Crippen molar-refractivity contribution in [2.24, 2.45) is 0 Å². The number of aromatic nitrogens is 1. The molecule has 14 heavy (non-hydrogen) atoms. The summed E-state index contributed by atoms with van der Waals surface area (Å²) in [5, 5.41) is 3.27. The zero-order chi connectivity index (χ0) is 9.97. The van der Waals surface area contributed by atoms with Crippen LogP contribution in [0.4, 0.5) is 4.39 Å². The average Bonchev–Trinajstić information content (AvgIpc) is 2.19. The number of pyridine rings is 1. The van der Waals surface area contributed by atoms with Gasteiger partial charge in [0.1, 0.15) is 0 Å². The van der Waals surface area contributed by atoms with E-state index in [0.717, 1.165) is 37.2 Å². The fourth-order valence-corrected chi connectivity index (χ4v) is 1.97. The van der Waals surface area contributed by atoms with Gasteiger partial charge in [0.25, 0.3) is 0 Å². The Balaban J connectivity index is 2.22. The normalized spacial score (nSPS) is 18.4. The van der Waals surface area contributed by atoms with E-state index in [4.69, 9.17) is 0 Å². The van der Waals surface area contributed by atoms with Crippen LogP contribution in [0.2, 0.25) is 0 Å². The van der Waals surface area contributed by atoms with Crippen LogP contribution < -0.4 is 5.32 Å². The van der Waals surface area contributed by atoms with Crippen LogP contribution in [0.3, 0.4) is 0 Å². The fraction of sp³-hybridized carbons (Fsp3) is 0.545. The van der Waals surface area contributed by atoms with E-state index < -0.39 is 0 Å². The molecule has 1 aliphatic rings.